The fourth-order valence-electron chi connectivity index (χ4n) is 7.83. The van der Waals surface area contributed by atoms with Crippen molar-refractivity contribution in [2.24, 2.45) is 4.99 Å². The molecule has 6 aromatic carbocycles. The van der Waals surface area contributed by atoms with Crippen molar-refractivity contribution in [2.75, 3.05) is 0 Å². The lowest BCUT2D eigenvalue weighted by molar-refractivity contribution is 0.212. The number of allylic oxidation sites excluding steroid dienone is 1. The van der Waals surface area contributed by atoms with E-state index in [1.165, 1.54) is 43.7 Å². The molecular weight excluding hydrogens is 615 g/mol. The Kier molecular flexibility index (Phi) is 6.87. The maximum absolute atomic E-state index is 5.05. The van der Waals surface area contributed by atoms with Gasteiger partial charge in [0.1, 0.15) is 6.17 Å². The molecule has 2 aromatic heterocycles. The molecule has 4 heterocycles. The highest BCUT2D eigenvalue weighted by Crippen LogP contribution is 2.40. The average molecular weight is 650 g/mol. The zero-order chi connectivity index (χ0) is 33.0. The van der Waals surface area contributed by atoms with Crippen LogP contribution in [-0.4, -0.2) is 21.5 Å². The van der Waals surface area contributed by atoms with Crippen molar-refractivity contribution in [2.45, 2.75) is 24.8 Å². The van der Waals surface area contributed by atoms with E-state index < -0.39 is 0 Å². The van der Waals surface area contributed by atoms with Crippen LogP contribution in [0, 0.1) is 0 Å². The van der Waals surface area contributed by atoms with Crippen molar-refractivity contribution in [1.29, 1.82) is 0 Å². The molecule has 0 aliphatic carbocycles. The Morgan fingerprint density at radius 3 is 1.68 bits per heavy atom. The standard InChI is InChI=1S/C43H35N7/c1-4-14-28(15-5-1)40-46-41(29-16-6-2-7-17-29)48-42(47-40)35-24-25-44-43(45-35)50-37-23-13-11-21-32(37)34-26-33-31-20-10-12-22-36(31)49(38(33)27-39(34)50)30-18-8-3-9-19-30/h1-27,40-43,45-48H. The molecular formula is C43H35N7. The molecule has 0 bridgehead atoms. The fourth-order valence-corrected chi connectivity index (χ4v) is 7.83. The summed E-state index contributed by atoms with van der Waals surface area (Å²) in [4.78, 5) is 5.05. The molecule has 4 N–H and O–H groups in total. The summed E-state index contributed by atoms with van der Waals surface area (Å²) >= 11 is 0. The van der Waals surface area contributed by atoms with Gasteiger partial charge in [0.25, 0.3) is 0 Å². The maximum atomic E-state index is 5.05. The molecule has 1 saturated heterocycles. The number of benzene rings is 6. The van der Waals surface area contributed by atoms with Crippen LogP contribution < -0.4 is 21.3 Å². The Morgan fingerprint density at radius 1 is 0.460 bits per heavy atom. The first-order valence-electron chi connectivity index (χ1n) is 17.2. The molecule has 3 unspecified atom stereocenters. The first kappa shape index (κ1) is 29.0. The van der Waals surface area contributed by atoms with Gasteiger partial charge < -0.3 is 14.5 Å². The first-order valence-corrected chi connectivity index (χ1v) is 17.2. The highest BCUT2D eigenvalue weighted by Gasteiger charge is 2.32. The normalized spacial score (nSPS) is 20.8. The molecule has 7 nitrogen and oxygen atoms in total. The van der Waals surface area contributed by atoms with Gasteiger partial charge in [-0.1, -0.05) is 115 Å². The molecule has 0 radical (unpaired) electrons. The van der Waals surface area contributed by atoms with Crippen LogP contribution in [0.4, 0.5) is 0 Å². The van der Waals surface area contributed by atoms with E-state index in [1.54, 1.807) is 0 Å². The predicted octanol–water partition coefficient (Wildman–Crippen LogP) is 8.41. The molecule has 7 heteroatoms. The predicted molar refractivity (Wildman–Crippen MR) is 204 cm³/mol. The number of para-hydroxylation sites is 3. The maximum Gasteiger partial charge on any atom is 0.200 e. The fraction of sp³-hybridized carbons (Fsp3) is 0.0930. The Balaban J connectivity index is 1.09. The summed E-state index contributed by atoms with van der Waals surface area (Å²) in [5, 5.41) is 20.1. The zero-order valence-corrected chi connectivity index (χ0v) is 27.2. The van der Waals surface area contributed by atoms with Gasteiger partial charge in [0, 0.05) is 39.1 Å². The van der Waals surface area contributed by atoms with Crippen molar-refractivity contribution in [1.82, 2.24) is 30.4 Å². The lowest BCUT2D eigenvalue weighted by Gasteiger charge is -2.41. The molecule has 50 heavy (non-hydrogen) atoms. The number of rotatable bonds is 5. The highest BCUT2D eigenvalue weighted by molar-refractivity contribution is 6.18. The number of fused-ring (bicyclic) bond motifs is 6. The average Bonchev–Trinajstić information content (AvgIpc) is 3.70. The molecule has 10 rings (SSSR count). The molecule has 0 amide bonds. The minimum absolute atomic E-state index is 0.0610. The SMILES string of the molecule is C1=NC(n2c3ccccc3c3cc4c5ccccc5n(-c5ccccc5)c4cc32)NC(C2NC(c3ccccc3)NC(c3ccccc3)N2)=C1. The number of nitrogens with one attached hydrogen (secondary N) is 4. The van der Waals surface area contributed by atoms with Gasteiger partial charge in [-0.15, -0.1) is 0 Å². The van der Waals surface area contributed by atoms with Crippen LogP contribution in [0.2, 0.25) is 0 Å². The van der Waals surface area contributed by atoms with Crippen LogP contribution in [0.15, 0.2) is 168 Å². The molecule has 8 aromatic rings. The van der Waals surface area contributed by atoms with E-state index in [0.717, 1.165) is 22.4 Å². The number of hydrogen-bond acceptors (Lipinski definition) is 5. The van der Waals surface area contributed by atoms with E-state index in [-0.39, 0.29) is 24.8 Å². The van der Waals surface area contributed by atoms with Crippen molar-refractivity contribution in [3.63, 3.8) is 0 Å². The molecule has 3 atom stereocenters. The lowest BCUT2D eigenvalue weighted by Crippen LogP contribution is -2.61. The second-order valence-corrected chi connectivity index (χ2v) is 13.0. The van der Waals surface area contributed by atoms with E-state index in [4.69, 9.17) is 4.99 Å². The molecule has 242 valence electrons. The van der Waals surface area contributed by atoms with E-state index in [9.17, 15) is 0 Å². The summed E-state index contributed by atoms with van der Waals surface area (Å²) in [5.41, 5.74) is 9.16. The number of aromatic nitrogens is 2. The van der Waals surface area contributed by atoms with Gasteiger partial charge in [-0.25, -0.2) is 4.99 Å². The van der Waals surface area contributed by atoms with E-state index in [0.29, 0.717) is 0 Å². The van der Waals surface area contributed by atoms with Gasteiger partial charge in [-0.3, -0.25) is 16.0 Å². The summed E-state index contributed by atoms with van der Waals surface area (Å²) in [6.45, 7) is 0. The minimum Gasteiger partial charge on any atom is -0.347 e. The van der Waals surface area contributed by atoms with Gasteiger partial charge >= 0.3 is 0 Å². The Morgan fingerprint density at radius 2 is 1.00 bits per heavy atom. The van der Waals surface area contributed by atoms with Gasteiger partial charge in [-0.05, 0) is 53.6 Å². The third-order valence-electron chi connectivity index (χ3n) is 10.1. The lowest BCUT2D eigenvalue weighted by atomic mass is 10.1. The summed E-state index contributed by atoms with van der Waals surface area (Å²) in [7, 11) is 0. The third kappa shape index (κ3) is 4.75. The molecule has 0 saturated carbocycles. The minimum atomic E-state index is -0.353. The largest absolute Gasteiger partial charge is 0.347 e. The van der Waals surface area contributed by atoms with Crippen molar-refractivity contribution in [3.8, 4) is 5.69 Å². The first-order chi connectivity index (χ1) is 24.8. The Hall–Kier alpha value is -5.99. The van der Waals surface area contributed by atoms with Crippen LogP contribution in [0.5, 0.6) is 0 Å². The number of hydrogen-bond donors (Lipinski definition) is 4. The summed E-state index contributed by atoms with van der Waals surface area (Å²) in [6.07, 6.45) is 3.38. The molecule has 0 spiro atoms. The Labute approximate surface area is 289 Å². The number of nitrogens with zero attached hydrogens (tertiary/aromatic N) is 3. The van der Waals surface area contributed by atoms with E-state index >= 15 is 0 Å². The van der Waals surface area contributed by atoms with Crippen molar-refractivity contribution < 1.29 is 0 Å². The summed E-state index contributed by atoms with van der Waals surface area (Å²) in [5.74, 6) is 0. The van der Waals surface area contributed by atoms with Crippen LogP contribution in [0.25, 0.3) is 49.3 Å². The van der Waals surface area contributed by atoms with E-state index in [1.807, 2.05) is 6.21 Å². The van der Waals surface area contributed by atoms with E-state index in [2.05, 4.69) is 188 Å². The van der Waals surface area contributed by atoms with Crippen molar-refractivity contribution in [3.05, 3.63) is 175 Å². The second kappa shape index (κ2) is 11.9. The third-order valence-corrected chi connectivity index (χ3v) is 10.1. The quantitative estimate of drug-likeness (QED) is 0.151. The monoisotopic (exact) mass is 649 g/mol. The van der Waals surface area contributed by atoms with Gasteiger partial charge in [-0.2, -0.15) is 0 Å². The van der Waals surface area contributed by atoms with Gasteiger partial charge in [0.2, 0.25) is 6.29 Å². The highest BCUT2D eigenvalue weighted by atomic mass is 15.4. The van der Waals surface area contributed by atoms with Crippen LogP contribution in [-0.2, 0) is 0 Å². The smallest absolute Gasteiger partial charge is 0.200 e. The van der Waals surface area contributed by atoms with Gasteiger partial charge in [0.15, 0.2) is 0 Å². The topological polar surface area (TPSA) is 70.3 Å². The molecule has 2 aliphatic heterocycles. The molecule has 2 aliphatic rings. The summed E-state index contributed by atoms with van der Waals surface area (Å²) < 4.78 is 4.73. The van der Waals surface area contributed by atoms with Crippen LogP contribution in [0.1, 0.15) is 29.7 Å². The number of aliphatic imine (C=N–C) groups is 1. The van der Waals surface area contributed by atoms with Crippen LogP contribution in [0.3, 0.4) is 0 Å². The zero-order valence-electron chi connectivity index (χ0n) is 27.2. The van der Waals surface area contributed by atoms with Crippen molar-refractivity contribution >= 4 is 49.8 Å². The second-order valence-electron chi connectivity index (χ2n) is 13.0. The molecule has 1 fully saturated rings. The Bertz CT molecular complexity index is 2520. The summed E-state index contributed by atoms with van der Waals surface area (Å²) in [6, 6.07) is 53.9. The van der Waals surface area contributed by atoms with Crippen LogP contribution >= 0.6 is 0 Å². The van der Waals surface area contributed by atoms with Gasteiger partial charge in [0.05, 0.1) is 34.4 Å².